The first-order valence-corrected chi connectivity index (χ1v) is 6.47. The van der Waals surface area contributed by atoms with E-state index >= 15 is 0 Å². The lowest BCUT2D eigenvalue weighted by atomic mass is 9.91. The zero-order valence-electron chi connectivity index (χ0n) is 9.76. The zero-order chi connectivity index (χ0) is 12.3. The number of hydrogen-bond acceptors (Lipinski definition) is 2. The minimum Gasteiger partial charge on any atom is -0.329 e. The highest BCUT2D eigenvalue weighted by Crippen LogP contribution is 2.21. The largest absolute Gasteiger partial charge is 0.329 e. The Kier molecular flexibility index (Phi) is 4.37. The molecule has 1 aromatic carbocycles. The predicted molar refractivity (Wildman–Crippen MR) is 68.7 cm³/mol. The Morgan fingerprint density at radius 2 is 2.24 bits per heavy atom. The van der Waals surface area contributed by atoms with Gasteiger partial charge in [0.1, 0.15) is 5.82 Å². The van der Waals surface area contributed by atoms with Crippen LogP contribution in [-0.4, -0.2) is 18.6 Å². The Morgan fingerprint density at radius 3 is 2.82 bits per heavy atom. The first kappa shape index (κ1) is 12.8. The van der Waals surface area contributed by atoms with Crippen LogP contribution >= 0.6 is 11.6 Å². The Balaban J connectivity index is 1.99. The monoisotopic (exact) mass is 256 g/mol. The highest BCUT2D eigenvalue weighted by atomic mass is 35.5. The first-order valence-electron chi connectivity index (χ1n) is 6.09. The van der Waals surface area contributed by atoms with Crippen molar-refractivity contribution in [1.29, 1.82) is 0 Å². The summed E-state index contributed by atoms with van der Waals surface area (Å²) in [5.41, 5.74) is 6.36. The van der Waals surface area contributed by atoms with E-state index in [1.54, 1.807) is 18.2 Å². The second-order valence-electron chi connectivity index (χ2n) is 4.64. The lowest BCUT2D eigenvalue weighted by Gasteiger charge is -2.31. The molecule has 1 unspecified atom stereocenters. The number of nitrogens with two attached hydrogens (primary N) is 1. The molecule has 0 bridgehead atoms. The van der Waals surface area contributed by atoms with Crippen LogP contribution in [0.4, 0.5) is 4.39 Å². The summed E-state index contributed by atoms with van der Waals surface area (Å²) in [5, 5.41) is 3.65. The van der Waals surface area contributed by atoms with Crippen molar-refractivity contribution < 1.29 is 4.39 Å². The summed E-state index contributed by atoms with van der Waals surface area (Å²) in [4.78, 5) is 0. The van der Waals surface area contributed by atoms with Crippen molar-refractivity contribution in [1.82, 2.24) is 5.32 Å². The minimum absolute atomic E-state index is 0.133. The maximum absolute atomic E-state index is 13.7. The molecule has 1 aliphatic rings. The third-order valence-electron chi connectivity index (χ3n) is 3.36. The van der Waals surface area contributed by atoms with Crippen LogP contribution in [0.25, 0.3) is 0 Å². The fraction of sp³-hybridized carbons (Fsp3) is 0.538. The van der Waals surface area contributed by atoms with Crippen molar-refractivity contribution in [2.75, 3.05) is 6.54 Å². The van der Waals surface area contributed by atoms with Crippen LogP contribution in [-0.2, 0) is 6.42 Å². The molecule has 1 fully saturated rings. The lowest BCUT2D eigenvalue weighted by Crippen LogP contribution is -2.47. The van der Waals surface area contributed by atoms with Gasteiger partial charge in [0.15, 0.2) is 0 Å². The van der Waals surface area contributed by atoms with Gasteiger partial charge in [-0.2, -0.15) is 0 Å². The summed E-state index contributed by atoms with van der Waals surface area (Å²) in [7, 11) is 0. The van der Waals surface area contributed by atoms with E-state index in [9.17, 15) is 4.39 Å². The molecule has 0 spiro atoms. The van der Waals surface area contributed by atoms with Gasteiger partial charge in [0.2, 0.25) is 0 Å². The summed E-state index contributed by atoms with van der Waals surface area (Å²) >= 11 is 5.76. The van der Waals surface area contributed by atoms with Crippen molar-refractivity contribution >= 4 is 11.6 Å². The molecule has 1 atom stereocenters. The molecule has 0 heterocycles. The van der Waals surface area contributed by atoms with E-state index < -0.39 is 0 Å². The molecule has 0 radical (unpaired) electrons. The number of halogens is 2. The van der Waals surface area contributed by atoms with E-state index in [0.29, 0.717) is 24.6 Å². The van der Waals surface area contributed by atoms with E-state index in [2.05, 4.69) is 5.32 Å². The van der Waals surface area contributed by atoms with Crippen molar-refractivity contribution in [2.45, 2.75) is 37.8 Å². The molecule has 94 valence electrons. The first-order chi connectivity index (χ1) is 8.20. The maximum atomic E-state index is 13.7. The highest BCUT2D eigenvalue weighted by molar-refractivity contribution is 6.30. The average molecular weight is 257 g/mol. The number of benzene rings is 1. The molecule has 0 saturated heterocycles. The van der Waals surface area contributed by atoms with Gasteiger partial charge in [0.05, 0.1) is 5.02 Å². The lowest BCUT2D eigenvalue weighted by molar-refractivity contribution is 0.303. The molecule has 3 N–H and O–H groups in total. The summed E-state index contributed by atoms with van der Waals surface area (Å²) in [6, 6.07) is 5.81. The van der Waals surface area contributed by atoms with Crippen LogP contribution in [0.2, 0.25) is 5.02 Å². The fourth-order valence-corrected chi connectivity index (χ4v) is 2.28. The van der Waals surface area contributed by atoms with Crippen LogP contribution in [0.5, 0.6) is 0 Å². The van der Waals surface area contributed by atoms with E-state index in [1.165, 1.54) is 19.3 Å². The summed E-state index contributed by atoms with van der Waals surface area (Å²) in [5.74, 6) is -0.317. The highest BCUT2D eigenvalue weighted by Gasteiger charge is 2.21. The van der Waals surface area contributed by atoms with Gasteiger partial charge in [-0.25, -0.2) is 4.39 Å². The van der Waals surface area contributed by atoms with Crippen molar-refractivity contribution in [2.24, 2.45) is 5.73 Å². The number of hydrogen-bond donors (Lipinski definition) is 2. The Morgan fingerprint density at radius 1 is 1.47 bits per heavy atom. The Hall–Kier alpha value is -0.640. The van der Waals surface area contributed by atoms with Gasteiger partial charge in [-0.15, -0.1) is 0 Å². The van der Waals surface area contributed by atoms with Crippen LogP contribution in [0.15, 0.2) is 18.2 Å². The SMILES string of the molecule is NCC(Cc1cccc(Cl)c1F)NC1CCC1. The van der Waals surface area contributed by atoms with E-state index in [-0.39, 0.29) is 16.9 Å². The average Bonchev–Trinajstić information content (AvgIpc) is 2.27. The third kappa shape index (κ3) is 3.18. The molecule has 0 aromatic heterocycles. The van der Waals surface area contributed by atoms with Gasteiger partial charge in [0, 0.05) is 18.6 Å². The van der Waals surface area contributed by atoms with Crippen LogP contribution in [0.3, 0.4) is 0 Å². The molecular weight excluding hydrogens is 239 g/mol. The topological polar surface area (TPSA) is 38.0 Å². The molecule has 0 amide bonds. The van der Waals surface area contributed by atoms with Crippen molar-refractivity contribution in [3.05, 3.63) is 34.6 Å². The maximum Gasteiger partial charge on any atom is 0.145 e. The van der Waals surface area contributed by atoms with Crippen LogP contribution in [0, 0.1) is 5.82 Å². The van der Waals surface area contributed by atoms with Crippen LogP contribution < -0.4 is 11.1 Å². The molecule has 1 aromatic rings. The predicted octanol–water partition coefficient (Wildman–Crippen LogP) is 2.49. The Labute approximate surface area is 106 Å². The third-order valence-corrected chi connectivity index (χ3v) is 3.65. The van der Waals surface area contributed by atoms with Crippen LogP contribution in [0.1, 0.15) is 24.8 Å². The molecule has 0 aliphatic heterocycles. The van der Waals surface area contributed by atoms with Crippen molar-refractivity contribution in [3.8, 4) is 0 Å². The second-order valence-corrected chi connectivity index (χ2v) is 5.05. The normalized spacial score (nSPS) is 17.8. The van der Waals surface area contributed by atoms with E-state index in [4.69, 9.17) is 17.3 Å². The Bertz CT molecular complexity index is 380. The standard InChI is InChI=1S/C13H18ClFN2/c14-12-6-1-3-9(13(12)15)7-11(8-16)17-10-4-2-5-10/h1,3,6,10-11,17H,2,4-5,7-8,16H2. The molecule has 4 heteroatoms. The summed E-state index contributed by atoms with van der Waals surface area (Å²) in [6.07, 6.45) is 4.28. The minimum atomic E-state index is -0.317. The summed E-state index contributed by atoms with van der Waals surface area (Å²) in [6.45, 7) is 0.516. The fourth-order valence-electron chi connectivity index (χ4n) is 2.09. The molecule has 1 saturated carbocycles. The molecular formula is C13H18ClFN2. The van der Waals surface area contributed by atoms with Gasteiger partial charge in [0.25, 0.3) is 0 Å². The second kappa shape index (κ2) is 5.80. The molecule has 2 nitrogen and oxygen atoms in total. The smallest absolute Gasteiger partial charge is 0.145 e. The molecule has 2 rings (SSSR count). The van der Waals surface area contributed by atoms with Gasteiger partial charge in [-0.05, 0) is 30.9 Å². The quantitative estimate of drug-likeness (QED) is 0.850. The van der Waals surface area contributed by atoms with Gasteiger partial charge >= 0.3 is 0 Å². The molecule has 1 aliphatic carbocycles. The van der Waals surface area contributed by atoms with Gasteiger partial charge in [-0.3, -0.25) is 0 Å². The molecule has 17 heavy (non-hydrogen) atoms. The van der Waals surface area contributed by atoms with Gasteiger partial charge in [-0.1, -0.05) is 30.2 Å². The number of nitrogens with one attached hydrogen (secondary N) is 1. The zero-order valence-corrected chi connectivity index (χ0v) is 10.5. The van der Waals surface area contributed by atoms with E-state index in [1.807, 2.05) is 0 Å². The van der Waals surface area contributed by atoms with Crippen molar-refractivity contribution in [3.63, 3.8) is 0 Å². The summed E-state index contributed by atoms with van der Waals surface area (Å²) < 4.78 is 13.7. The number of rotatable bonds is 5. The van der Waals surface area contributed by atoms with E-state index in [0.717, 1.165) is 0 Å². The van der Waals surface area contributed by atoms with Gasteiger partial charge < -0.3 is 11.1 Å².